The molecule has 0 aliphatic heterocycles. The summed E-state index contributed by atoms with van der Waals surface area (Å²) in [6, 6.07) is 54.0. The lowest BCUT2D eigenvalue weighted by atomic mass is 9.96. The summed E-state index contributed by atoms with van der Waals surface area (Å²) in [7, 11) is 0. The standard InChI is InChI=1S/C45H30N4O/c1-29-10-8-15-34(26-29)39-25-23-36(28-46-39)45-48-43(33-13-6-3-7-14-33)47-44(49-45)35-22-24-38-41(27-35)50-40-17-9-16-37(42(38)40)32-20-18-31(19-21-32)30-11-4-2-5-12-30/h2-28H,1H3. The molecule has 0 aliphatic rings. The van der Waals surface area contributed by atoms with Gasteiger partial charge in [0.15, 0.2) is 17.5 Å². The van der Waals surface area contributed by atoms with Crippen LogP contribution in [-0.2, 0) is 0 Å². The molecule has 236 valence electrons. The second kappa shape index (κ2) is 12.4. The van der Waals surface area contributed by atoms with E-state index in [-0.39, 0.29) is 0 Å². The van der Waals surface area contributed by atoms with Gasteiger partial charge >= 0.3 is 0 Å². The molecule has 0 saturated carbocycles. The Morgan fingerprint density at radius 1 is 0.420 bits per heavy atom. The number of benzene rings is 6. The monoisotopic (exact) mass is 642 g/mol. The lowest BCUT2D eigenvalue weighted by Gasteiger charge is -2.09. The Morgan fingerprint density at radius 3 is 1.74 bits per heavy atom. The van der Waals surface area contributed by atoms with E-state index in [4.69, 9.17) is 24.4 Å². The van der Waals surface area contributed by atoms with E-state index in [0.717, 1.165) is 61.0 Å². The van der Waals surface area contributed by atoms with Crippen molar-refractivity contribution in [2.24, 2.45) is 0 Å². The predicted octanol–water partition coefficient (Wildman–Crippen LogP) is 11.5. The van der Waals surface area contributed by atoms with Crippen LogP contribution in [0.25, 0.3) is 89.6 Å². The zero-order chi connectivity index (χ0) is 33.4. The van der Waals surface area contributed by atoms with Gasteiger partial charge in [0.25, 0.3) is 0 Å². The molecule has 0 radical (unpaired) electrons. The summed E-state index contributed by atoms with van der Waals surface area (Å²) >= 11 is 0. The normalized spacial score (nSPS) is 11.3. The fourth-order valence-electron chi connectivity index (χ4n) is 6.53. The number of hydrogen-bond donors (Lipinski definition) is 0. The van der Waals surface area contributed by atoms with Crippen LogP contribution in [0.1, 0.15) is 5.56 Å². The molecule has 0 unspecified atom stereocenters. The van der Waals surface area contributed by atoms with Gasteiger partial charge in [-0.1, -0.05) is 127 Å². The van der Waals surface area contributed by atoms with Gasteiger partial charge in [0.05, 0.1) is 5.69 Å². The molecule has 0 bridgehead atoms. The van der Waals surface area contributed by atoms with Crippen molar-refractivity contribution in [1.29, 1.82) is 0 Å². The highest BCUT2D eigenvalue weighted by Gasteiger charge is 2.17. The molecule has 0 fully saturated rings. The maximum absolute atomic E-state index is 6.48. The van der Waals surface area contributed by atoms with Crippen LogP contribution in [-0.4, -0.2) is 19.9 Å². The van der Waals surface area contributed by atoms with Crippen LogP contribution in [0.2, 0.25) is 0 Å². The Balaban J connectivity index is 1.12. The number of pyridine rings is 1. The van der Waals surface area contributed by atoms with E-state index < -0.39 is 0 Å². The van der Waals surface area contributed by atoms with E-state index in [1.807, 2.05) is 72.9 Å². The average molecular weight is 643 g/mol. The summed E-state index contributed by atoms with van der Waals surface area (Å²) in [5.41, 5.74) is 12.0. The number of aryl methyl sites for hydroxylation is 1. The number of aromatic nitrogens is 4. The van der Waals surface area contributed by atoms with Crippen molar-refractivity contribution in [1.82, 2.24) is 19.9 Å². The fourth-order valence-corrected chi connectivity index (χ4v) is 6.53. The third-order valence-corrected chi connectivity index (χ3v) is 9.06. The first-order valence-electron chi connectivity index (χ1n) is 16.6. The highest BCUT2D eigenvalue weighted by Crippen LogP contribution is 2.39. The maximum Gasteiger partial charge on any atom is 0.165 e. The van der Waals surface area contributed by atoms with Gasteiger partial charge in [-0.2, -0.15) is 0 Å². The van der Waals surface area contributed by atoms with Gasteiger partial charge in [-0.05, 0) is 65.6 Å². The molecule has 0 atom stereocenters. The van der Waals surface area contributed by atoms with Crippen molar-refractivity contribution in [2.45, 2.75) is 6.92 Å². The minimum absolute atomic E-state index is 0.558. The summed E-state index contributed by atoms with van der Waals surface area (Å²) in [4.78, 5) is 19.6. The maximum atomic E-state index is 6.48. The molecule has 3 heterocycles. The molecule has 9 rings (SSSR count). The molecule has 0 aliphatic carbocycles. The van der Waals surface area contributed by atoms with E-state index in [9.17, 15) is 0 Å². The quantitative estimate of drug-likeness (QED) is 0.181. The van der Waals surface area contributed by atoms with Crippen LogP contribution in [0.5, 0.6) is 0 Å². The second-order valence-corrected chi connectivity index (χ2v) is 12.4. The van der Waals surface area contributed by atoms with Gasteiger partial charge in [0.2, 0.25) is 0 Å². The Bertz CT molecular complexity index is 2630. The van der Waals surface area contributed by atoms with Crippen molar-refractivity contribution in [3.05, 3.63) is 169 Å². The Hall–Kier alpha value is -6.72. The summed E-state index contributed by atoms with van der Waals surface area (Å²) in [5.74, 6) is 1.72. The van der Waals surface area contributed by atoms with Crippen molar-refractivity contribution in [3.8, 4) is 67.7 Å². The van der Waals surface area contributed by atoms with Gasteiger partial charge in [0, 0.05) is 39.2 Å². The summed E-state index contributed by atoms with van der Waals surface area (Å²) in [6.45, 7) is 2.08. The van der Waals surface area contributed by atoms with Crippen LogP contribution >= 0.6 is 0 Å². The summed E-state index contributed by atoms with van der Waals surface area (Å²) in [6.07, 6.45) is 1.84. The van der Waals surface area contributed by atoms with Gasteiger partial charge in [0.1, 0.15) is 11.2 Å². The predicted molar refractivity (Wildman–Crippen MR) is 202 cm³/mol. The smallest absolute Gasteiger partial charge is 0.165 e. The molecule has 3 aromatic heterocycles. The molecule has 50 heavy (non-hydrogen) atoms. The van der Waals surface area contributed by atoms with Crippen molar-refractivity contribution in [3.63, 3.8) is 0 Å². The van der Waals surface area contributed by atoms with Crippen LogP contribution in [0, 0.1) is 6.92 Å². The lowest BCUT2D eigenvalue weighted by molar-refractivity contribution is 0.669. The topological polar surface area (TPSA) is 64.7 Å². The number of rotatable bonds is 6. The third kappa shape index (κ3) is 5.51. The molecular weight excluding hydrogens is 613 g/mol. The number of furan rings is 1. The largest absolute Gasteiger partial charge is 0.456 e. The molecule has 9 aromatic rings. The van der Waals surface area contributed by atoms with Crippen molar-refractivity contribution < 1.29 is 4.42 Å². The van der Waals surface area contributed by atoms with Crippen LogP contribution < -0.4 is 0 Å². The van der Waals surface area contributed by atoms with Crippen LogP contribution in [0.3, 0.4) is 0 Å². The molecule has 5 nitrogen and oxygen atoms in total. The highest BCUT2D eigenvalue weighted by molar-refractivity contribution is 6.13. The van der Waals surface area contributed by atoms with E-state index in [2.05, 4.69) is 97.9 Å². The second-order valence-electron chi connectivity index (χ2n) is 12.4. The minimum atomic E-state index is 0.558. The van der Waals surface area contributed by atoms with E-state index in [1.165, 1.54) is 16.7 Å². The first-order chi connectivity index (χ1) is 24.7. The zero-order valence-electron chi connectivity index (χ0n) is 27.3. The van der Waals surface area contributed by atoms with Crippen LogP contribution in [0.4, 0.5) is 0 Å². The summed E-state index contributed by atoms with van der Waals surface area (Å²) < 4.78 is 6.48. The number of hydrogen-bond acceptors (Lipinski definition) is 5. The van der Waals surface area contributed by atoms with Crippen molar-refractivity contribution >= 4 is 21.9 Å². The van der Waals surface area contributed by atoms with Gasteiger partial charge < -0.3 is 4.42 Å². The third-order valence-electron chi connectivity index (χ3n) is 9.06. The van der Waals surface area contributed by atoms with E-state index in [1.54, 1.807) is 0 Å². The molecule has 5 heteroatoms. The molecule has 0 N–H and O–H groups in total. The number of fused-ring (bicyclic) bond motifs is 3. The van der Waals surface area contributed by atoms with Crippen molar-refractivity contribution in [2.75, 3.05) is 0 Å². The summed E-state index contributed by atoms with van der Waals surface area (Å²) in [5, 5.41) is 2.13. The lowest BCUT2D eigenvalue weighted by Crippen LogP contribution is -2.00. The van der Waals surface area contributed by atoms with E-state index in [0.29, 0.717) is 17.5 Å². The van der Waals surface area contributed by atoms with Gasteiger partial charge in [-0.3, -0.25) is 4.98 Å². The highest BCUT2D eigenvalue weighted by atomic mass is 16.3. The Kier molecular flexibility index (Phi) is 7.29. The minimum Gasteiger partial charge on any atom is -0.456 e. The van der Waals surface area contributed by atoms with Gasteiger partial charge in [-0.15, -0.1) is 0 Å². The number of nitrogens with zero attached hydrogens (tertiary/aromatic N) is 4. The van der Waals surface area contributed by atoms with Crippen LogP contribution in [0.15, 0.2) is 168 Å². The fraction of sp³-hybridized carbons (Fsp3) is 0.0222. The zero-order valence-corrected chi connectivity index (χ0v) is 27.3. The first-order valence-corrected chi connectivity index (χ1v) is 16.6. The molecule has 0 saturated heterocycles. The Labute approximate surface area is 289 Å². The molecule has 0 amide bonds. The van der Waals surface area contributed by atoms with E-state index >= 15 is 0 Å². The molecule has 6 aromatic carbocycles. The SMILES string of the molecule is Cc1cccc(-c2ccc(-c3nc(-c4ccccc4)nc(-c4ccc5c(c4)oc4cccc(-c6ccc(-c7ccccc7)cc6)c45)n3)cn2)c1. The first kappa shape index (κ1) is 29.4. The molecule has 0 spiro atoms. The Morgan fingerprint density at radius 2 is 1.02 bits per heavy atom. The molecular formula is C45H30N4O. The van der Waals surface area contributed by atoms with Gasteiger partial charge in [-0.25, -0.2) is 15.0 Å². The average Bonchev–Trinajstić information content (AvgIpc) is 3.57.